The van der Waals surface area contributed by atoms with Crippen molar-refractivity contribution in [1.82, 2.24) is 0 Å². The molecule has 0 aromatic carbocycles. The van der Waals surface area contributed by atoms with Crippen molar-refractivity contribution >= 4 is 11.8 Å². The third-order valence-electron chi connectivity index (χ3n) is 3.51. The topological polar surface area (TPSA) is 67.5 Å². The normalized spacial score (nSPS) is 10.7. The summed E-state index contributed by atoms with van der Waals surface area (Å²) in [5.41, 5.74) is 2.19. The maximum atomic E-state index is 12.6. The van der Waals surface area contributed by atoms with Crippen molar-refractivity contribution in [3.63, 3.8) is 0 Å². The van der Waals surface area contributed by atoms with Crippen LogP contribution in [-0.2, 0) is 0 Å². The Kier molecular flexibility index (Phi) is 3.06. The molecule has 104 valence electrons. The molecule has 4 heteroatoms. The molecule has 1 heterocycles. The van der Waals surface area contributed by atoms with E-state index in [1.54, 1.807) is 49.4 Å². The highest BCUT2D eigenvalue weighted by molar-refractivity contribution is 6.17. The summed E-state index contributed by atoms with van der Waals surface area (Å²) >= 11 is 0. The lowest BCUT2D eigenvalue weighted by atomic mass is 10.0. The monoisotopic (exact) mass is 280 g/mol. The Labute approximate surface area is 121 Å². The van der Waals surface area contributed by atoms with Crippen LogP contribution >= 0.6 is 0 Å². The van der Waals surface area contributed by atoms with Crippen LogP contribution < -0.4 is 0 Å². The van der Waals surface area contributed by atoms with E-state index in [1.807, 2.05) is 0 Å². The number of ketones is 1. The molecule has 0 saturated carbocycles. The fourth-order valence-corrected chi connectivity index (χ4v) is 2.61. The van der Waals surface area contributed by atoms with Crippen LogP contribution in [0.5, 0.6) is 0 Å². The number of carbonyl (C=O) groups excluding carboxylic acids is 1. The predicted octanol–water partition coefficient (Wildman–Crippen LogP) is 3.62. The first-order valence-electron chi connectivity index (χ1n) is 6.44. The van der Waals surface area contributed by atoms with Crippen molar-refractivity contribution in [2.75, 3.05) is 0 Å². The fourth-order valence-electron chi connectivity index (χ4n) is 2.61. The van der Waals surface area contributed by atoms with E-state index in [2.05, 4.69) is 0 Å². The van der Waals surface area contributed by atoms with Gasteiger partial charge in [-0.1, -0.05) is 30.3 Å². The van der Waals surface area contributed by atoms with Gasteiger partial charge in [0, 0.05) is 5.56 Å². The summed E-state index contributed by atoms with van der Waals surface area (Å²) in [5.74, 6) is -1.14. The second kappa shape index (κ2) is 4.90. The fraction of sp³-hybridized carbons (Fsp3) is 0.0588. The predicted molar refractivity (Wildman–Crippen MR) is 76.9 cm³/mol. The summed E-state index contributed by atoms with van der Waals surface area (Å²) < 4.78 is 5.15. The number of hydrogen-bond donors (Lipinski definition) is 1. The van der Waals surface area contributed by atoms with Crippen LogP contribution in [0.2, 0.25) is 0 Å². The van der Waals surface area contributed by atoms with Crippen LogP contribution in [0.25, 0.3) is 11.1 Å². The number of carboxylic acid groups (broad SMARTS) is 1. The van der Waals surface area contributed by atoms with Gasteiger partial charge in [-0.2, -0.15) is 0 Å². The molecule has 0 bridgehead atoms. The van der Waals surface area contributed by atoms with Gasteiger partial charge in [-0.3, -0.25) is 4.79 Å². The summed E-state index contributed by atoms with van der Waals surface area (Å²) in [6, 6.07) is 12.0. The van der Waals surface area contributed by atoms with Crippen LogP contribution in [0.4, 0.5) is 0 Å². The molecular formula is C17H12O4. The number of rotatable bonds is 3. The zero-order valence-corrected chi connectivity index (χ0v) is 11.3. The summed E-state index contributed by atoms with van der Waals surface area (Å²) in [7, 11) is 0. The molecule has 2 aliphatic rings. The van der Waals surface area contributed by atoms with Gasteiger partial charge in [-0.05, 0) is 35.7 Å². The Bertz CT molecular complexity index is 800. The first kappa shape index (κ1) is 13.1. The molecule has 4 nitrogen and oxygen atoms in total. The zero-order valence-electron chi connectivity index (χ0n) is 11.3. The minimum absolute atomic E-state index is 0.163. The molecule has 1 aromatic rings. The summed E-state index contributed by atoms with van der Waals surface area (Å²) in [6.45, 7) is 1.65. The zero-order chi connectivity index (χ0) is 15.0. The molecule has 0 unspecified atom stereocenters. The van der Waals surface area contributed by atoms with E-state index in [1.165, 1.54) is 6.26 Å². The Morgan fingerprint density at radius 1 is 0.952 bits per heavy atom. The number of furan rings is 1. The Hall–Kier alpha value is -2.88. The lowest BCUT2D eigenvalue weighted by molar-refractivity contribution is 0.0697. The van der Waals surface area contributed by atoms with Crippen LogP contribution in [0.3, 0.4) is 0 Å². The van der Waals surface area contributed by atoms with Gasteiger partial charge in [-0.15, -0.1) is 0 Å². The van der Waals surface area contributed by atoms with E-state index in [4.69, 9.17) is 4.42 Å². The lowest BCUT2D eigenvalue weighted by Gasteiger charge is -2.00. The Morgan fingerprint density at radius 3 is 2.19 bits per heavy atom. The van der Waals surface area contributed by atoms with E-state index < -0.39 is 5.97 Å². The molecule has 0 radical (unpaired) electrons. The van der Waals surface area contributed by atoms with Crippen LogP contribution in [0.1, 0.15) is 32.0 Å². The summed E-state index contributed by atoms with van der Waals surface area (Å²) in [6.07, 6.45) is 1.42. The van der Waals surface area contributed by atoms with E-state index in [9.17, 15) is 14.7 Å². The number of fused-ring (bicyclic) bond motifs is 1. The number of carboxylic acids is 1. The highest BCUT2D eigenvalue weighted by atomic mass is 16.4. The third kappa shape index (κ3) is 2.01. The van der Waals surface area contributed by atoms with Crippen LogP contribution in [0, 0.1) is 6.92 Å². The minimum atomic E-state index is -1.04. The Balaban J connectivity index is 2.32. The van der Waals surface area contributed by atoms with Crippen LogP contribution in [0.15, 0.2) is 53.1 Å². The first-order valence-corrected chi connectivity index (χ1v) is 6.44. The van der Waals surface area contributed by atoms with Gasteiger partial charge in [0.2, 0.25) is 5.78 Å². The average molecular weight is 280 g/mol. The SMILES string of the molecule is Cc1c(C(=O)O)c2cccccc-2c1C(=O)c1ccco1. The van der Waals surface area contributed by atoms with Gasteiger partial charge < -0.3 is 9.52 Å². The lowest BCUT2D eigenvalue weighted by Crippen LogP contribution is -2.02. The maximum absolute atomic E-state index is 12.6. The van der Waals surface area contributed by atoms with Crippen molar-refractivity contribution in [3.8, 4) is 11.1 Å². The molecule has 0 spiro atoms. The van der Waals surface area contributed by atoms with Gasteiger partial charge in [0.1, 0.15) is 0 Å². The summed E-state index contributed by atoms with van der Waals surface area (Å²) in [4.78, 5) is 24.1. The van der Waals surface area contributed by atoms with Crippen molar-refractivity contribution in [2.45, 2.75) is 6.92 Å². The number of hydrogen-bond acceptors (Lipinski definition) is 3. The van der Waals surface area contributed by atoms with E-state index >= 15 is 0 Å². The van der Waals surface area contributed by atoms with E-state index in [-0.39, 0.29) is 17.1 Å². The second-order valence-electron chi connectivity index (χ2n) is 4.72. The second-order valence-corrected chi connectivity index (χ2v) is 4.72. The third-order valence-corrected chi connectivity index (χ3v) is 3.51. The molecular weight excluding hydrogens is 268 g/mol. The van der Waals surface area contributed by atoms with E-state index in [0.717, 1.165) is 0 Å². The molecule has 0 atom stereocenters. The maximum Gasteiger partial charge on any atom is 0.336 e. The van der Waals surface area contributed by atoms with Crippen molar-refractivity contribution < 1.29 is 19.1 Å². The molecule has 0 amide bonds. The molecule has 21 heavy (non-hydrogen) atoms. The first-order chi connectivity index (χ1) is 10.1. The molecule has 1 N–H and O–H groups in total. The minimum Gasteiger partial charge on any atom is -0.478 e. The average Bonchev–Trinajstić information content (AvgIpc) is 2.99. The molecule has 0 saturated heterocycles. The van der Waals surface area contributed by atoms with Crippen molar-refractivity contribution in [2.24, 2.45) is 0 Å². The van der Waals surface area contributed by atoms with Gasteiger partial charge in [0.05, 0.1) is 11.8 Å². The van der Waals surface area contributed by atoms with Gasteiger partial charge in [0.25, 0.3) is 0 Å². The van der Waals surface area contributed by atoms with Gasteiger partial charge in [-0.25, -0.2) is 4.79 Å². The van der Waals surface area contributed by atoms with Crippen LogP contribution in [-0.4, -0.2) is 16.9 Å². The summed E-state index contributed by atoms with van der Waals surface area (Å²) in [5, 5.41) is 9.44. The molecule has 0 aliphatic heterocycles. The molecule has 2 aliphatic carbocycles. The molecule has 3 rings (SSSR count). The van der Waals surface area contributed by atoms with Crippen molar-refractivity contribution in [3.05, 3.63) is 71.2 Å². The number of aromatic carboxylic acids is 1. The highest BCUT2D eigenvalue weighted by Crippen LogP contribution is 2.37. The van der Waals surface area contributed by atoms with E-state index in [0.29, 0.717) is 22.3 Å². The van der Waals surface area contributed by atoms with Crippen molar-refractivity contribution in [1.29, 1.82) is 0 Å². The number of carbonyl (C=O) groups is 2. The standard InChI is InChI=1S/C17H12O4/c1-10-14(16(18)13-8-5-9-21-13)11-6-3-2-4-7-12(11)15(10)17(19)20/h2-9H,1H3,(H,19,20). The molecule has 0 fully saturated rings. The van der Waals surface area contributed by atoms with Gasteiger partial charge in [0.15, 0.2) is 5.76 Å². The Morgan fingerprint density at radius 2 is 1.62 bits per heavy atom. The highest BCUT2D eigenvalue weighted by Gasteiger charge is 2.29. The smallest absolute Gasteiger partial charge is 0.336 e. The van der Waals surface area contributed by atoms with Gasteiger partial charge >= 0.3 is 5.97 Å². The molecule has 1 aromatic heterocycles. The quantitative estimate of drug-likeness (QED) is 0.744. The largest absolute Gasteiger partial charge is 0.478 e.